The van der Waals surface area contributed by atoms with Crippen LogP contribution in [0.25, 0.3) is 0 Å². The molecule has 128 valence electrons. The Bertz CT molecular complexity index is 743. The van der Waals surface area contributed by atoms with Crippen LogP contribution in [0.4, 0.5) is 8.78 Å². The summed E-state index contributed by atoms with van der Waals surface area (Å²) in [4.78, 5) is 12.3. The number of nitriles is 1. The maximum atomic E-state index is 13.6. The Hall–Kier alpha value is -1.26. The summed E-state index contributed by atoms with van der Waals surface area (Å²) in [7, 11) is 0. The number of ether oxygens (including phenoxy) is 1. The van der Waals surface area contributed by atoms with E-state index in [1.165, 1.54) is 0 Å². The molecule has 1 aromatic rings. The van der Waals surface area contributed by atoms with Crippen LogP contribution >= 0.6 is 31.9 Å². The highest BCUT2D eigenvalue weighted by atomic mass is 79.9. The van der Waals surface area contributed by atoms with Crippen LogP contribution in [0.2, 0.25) is 0 Å². The average Bonchev–Trinajstić information content (AvgIpc) is 3.05. The van der Waals surface area contributed by atoms with Crippen molar-refractivity contribution < 1.29 is 18.3 Å². The molecule has 1 aromatic carbocycles. The third-order valence-electron chi connectivity index (χ3n) is 4.33. The van der Waals surface area contributed by atoms with Crippen LogP contribution in [-0.2, 0) is 16.1 Å². The molecule has 0 bridgehead atoms. The normalized spacial score (nSPS) is 22.0. The summed E-state index contributed by atoms with van der Waals surface area (Å²) in [5, 5.41) is 8.86. The fraction of sp³-hybridized carbons (Fsp3) is 0.412. The second kappa shape index (κ2) is 6.93. The number of carbonyl (C=O) groups is 1. The number of benzene rings is 1. The molecule has 2 atom stereocenters. The van der Waals surface area contributed by atoms with Crippen LogP contribution in [0.1, 0.15) is 26.3 Å². The minimum absolute atomic E-state index is 0.0513. The summed E-state index contributed by atoms with van der Waals surface area (Å²) < 4.78 is 32.6. The number of carbonyl (C=O) groups excluding carboxylic acids is 1. The Balaban J connectivity index is 2.12. The molecule has 1 aliphatic carbocycles. The first kappa shape index (κ1) is 19.1. The SMILES string of the molecule is CC(C#N)=C[C@@H]1[C@@H](C(=O)OCc2c(Br)c(F)cc(F)c2Br)C1(C)C. The molecule has 1 fully saturated rings. The summed E-state index contributed by atoms with van der Waals surface area (Å²) >= 11 is 6.07. The van der Waals surface area contributed by atoms with Crippen molar-refractivity contribution in [1.82, 2.24) is 0 Å². The van der Waals surface area contributed by atoms with Gasteiger partial charge in [0.05, 0.1) is 20.9 Å². The molecule has 0 unspecified atom stereocenters. The Kier molecular flexibility index (Phi) is 5.50. The molecule has 1 saturated carbocycles. The van der Waals surface area contributed by atoms with Gasteiger partial charge in [0, 0.05) is 17.2 Å². The molecular formula is C17H15Br2F2NO2. The lowest BCUT2D eigenvalue weighted by atomic mass is 10.1. The van der Waals surface area contributed by atoms with Crippen LogP contribution in [-0.4, -0.2) is 5.97 Å². The summed E-state index contributed by atoms with van der Waals surface area (Å²) in [6.45, 7) is 5.26. The predicted molar refractivity (Wildman–Crippen MR) is 91.7 cm³/mol. The smallest absolute Gasteiger partial charge is 0.310 e. The molecule has 0 saturated heterocycles. The van der Waals surface area contributed by atoms with Crippen molar-refractivity contribution in [3.05, 3.63) is 43.9 Å². The van der Waals surface area contributed by atoms with Crippen molar-refractivity contribution >= 4 is 37.8 Å². The maximum Gasteiger partial charge on any atom is 0.310 e. The van der Waals surface area contributed by atoms with Gasteiger partial charge in [0.1, 0.15) is 18.2 Å². The zero-order valence-corrected chi connectivity index (χ0v) is 16.5. The van der Waals surface area contributed by atoms with Gasteiger partial charge in [0.25, 0.3) is 0 Å². The second-order valence-corrected chi connectivity index (χ2v) is 7.93. The zero-order chi connectivity index (χ0) is 18.2. The molecule has 3 nitrogen and oxygen atoms in total. The van der Waals surface area contributed by atoms with Gasteiger partial charge in [-0.1, -0.05) is 19.9 Å². The standard InChI is InChI=1S/C17H15Br2F2NO2/c1-8(6-22)4-10-13(17(10,2)3)16(23)24-7-9-14(18)11(20)5-12(21)15(9)19/h4-5,10,13H,7H2,1-3H3/t10-,13+/m1/s1. The molecular weight excluding hydrogens is 448 g/mol. The molecule has 0 heterocycles. The van der Waals surface area contributed by atoms with Crippen molar-refractivity contribution in [2.45, 2.75) is 27.4 Å². The number of hydrogen-bond donors (Lipinski definition) is 0. The number of halogens is 4. The number of nitrogens with zero attached hydrogens (tertiary/aromatic N) is 1. The fourth-order valence-corrected chi connectivity index (χ4v) is 3.85. The van der Waals surface area contributed by atoms with E-state index in [0.717, 1.165) is 6.07 Å². The van der Waals surface area contributed by atoms with Gasteiger partial charge < -0.3 is 4.74 Å². The average molecular weight is 463 g/mol. The van der Waals surface area contributed by atoms with E-state index in [0.29, 0.717) is 5.57 Å². The summed E-state index contributed by atoms with van der Waals surface area (Å²) in [6.07, 6.45) is 1.76. The van der Waals surface area contributed by atoms with Crippen LogP contribution in [0.15, 0.2) is 26.7 Å². The molecule has 0 aromatic heterocycles. The first-order chi connectivity index (χ1) is 11.1. The van der Waals surface area contributed by atoms with Gasteiger partial charge in [-0.25, -0.2) is 8.78 Å². The lowest BCUT2D eigenvalue weighted by Crippen LogP contribution is -2.11. The summed E-state index contributed by atoms with van der Waals surface area (Å²) in [6, 6.07) is 2.78. The highest BCUT2D eigenvalue weighted by Gasteiger charge is 2.61. The highest BCUT2D eigenvalue weighted by Crippen LogP contribution is 2.59. The molecule has 7 heteroatoms. The van der Waals surface area contributed by atoms with Gasteiger partial charge in [-0.15, -0.1) is 0 Å². The molecule has 0 spiro atoms. The van der Waals surface area contributed by atoms with Gasteiger partial charge in [-0.3, -0.25) is 4.79 Å². The lowest BCUT2D eigenvalue weighted by Gasteiger charge is -2.11. The van der Waals surface area contributed by atoms with Crippen molar-refractivity contribution in [2.24, 2.45) is 17.3 Å². The van der Waals surface area contributed by atoms with E-state index in [-0.39, 0.29) is 38.4 Å². The van der Waals surface area contributed by atoms with Crippen molar-refractivity contribution in [1.29, 1.82) is 5.26 Å². The van der Waals surface area contributed by atoms with Crippen molar-refractivity contribution in [2.75, 3.05) is 0 Å². The number of allylic oxidation sites excluding steroid dienone is 2. The quantitative estimate of drug-likeness (QED) is 0.347. The van der Waals surface area contributed by atoms with Crippen LogP contribution in [0.3, 0.4) is 0 Å². The summed E-state index contributed by atoms with van der Waals surface area (Å²) in [5.41, 5.74) is 0.428. The van der Waals surface area contributed by atoms with E-state index in [1.54, 1.807) is 13.0 Å². The fourth-order valence-electron chi connectivity index (χ4n) is 2.73. The monoisotopic (exact) mass is 461 g/mol. The second-order valence-electron chi connectivity index (χ2n) is 6.34. The van der Waals surface area contributed by atoms with Gasteiger partial charge in [0.15, 0.2) is 0 Å². The molecule has 24 heavy (non-hydrogen) atoms. The molecule has 0 radical (unpaired) electrons. The van der Waals surface area contributed by atoms with E-state index < -0.39 is 17.6 Å². The van der Waals surface area contributed by atoms with Gasteiger partial charge in [0.2, 0.25) is 0 Å². The first-order valence-electron chi connectivity index (χ1n) is 7.18. The first-order valence-corrected chi connectivity index (χ1v) is 8.76. The Labute approximate surface area is 155 Å². The van der Waals surface area contributed by atoms with Crippen molar-refractivity contribution in [3.63, 3.8) is 0 Å². The molecule has 1 aliphatic rings. The highest BCUT2D eigenvalue weighted by molar-refractivity contribution is 9.11. The molecule has 0 aliphatic heterocycles. The maximum absolute atomic E-state index is 13.6. The summed E-state index contributed by atoms with van der Waals surface area (Å²) in [5.74, 6) is -2.44. The Morgan fingerprint density at radius 2 is 1.92 bits per heavy atom. The van der Waals surface area contributed by atoms with Gasteiger partial charge in [-0.2, -0.15) is 5.26 Å². The third kappa shape index (κ3) is 3.55. The zero-order valence-electron chi connectivity index (χ0n) is 13.3. The van der Waals surface area contributed by atoms with Crippen LogP contribution < -0.4 is 0 Å². The van der Waals surface area contributed by atoms with Crippen LogP contribution in [0.5, 0.6) is 0 Å². The van der Waals surface area contributed by atoms with E-state index in [4.69, 9.17) is 10.00 Å². The largest absolute Gasteiger partial charge is 0.460 e. The lowest BCUT2D eigenvalue weighted by molar-refractivity contribution is -0.147. The van der Waals surface area contributed by atoms with Gasteiger partial charge >= 0.3 is 5.97 Å². The molecule has 2 rings (SSSR count). The van der Waals surface area contributed by atoms with Crippen LogP contribution in [0, 0.1) is 40.2 Å². The van der Waals surface area contributed by atoms with E-state index in [2.05, 4.69) is 31.9 Å². The number of rotatable bonds is 4. The van der Waals surface area contributed by atoms with Crippen molar-refractivity contribution in [3.8, 4) is 6.07 Å². The van der Waals surface area contributed by atoms with E-state index in [9.17, 15) is 13.6 Å². The van der Waals surface area contributed by atoms with E-state index >= 15 is 0 Å². The minimum Gasteiger partial charge on any atom is -0.460 e. The number of esters is 1. The Morgan fingerprint density at radius 1 is 1.38 bits per heavy atom. The van der Waals surface area contributed by atoms with Gasteiger partial charge in [-0.05, 0) is 50.1 Å². The predicted octanol–water partition coefficient (Wildman–Crippen LogP) is 5.28. The topological polar surface area (TPSA) is 50.1 Å². The van der Waals surface area contributed by atoms with E-state index in [1.807, 2.05) is 19.9 Å². The minimum atomic E-state index is -0.765. The molecule has 0 N–H and O–H groups in total. The number of hydrogen-bond acceptors (Lipinski definition) is 3. The Morgan fingerprint density at radius 3 is 2.42 bits per heavy atom. The molecule has 0 amide bonds. The third-order valence-corrected chi connectivity index (χ3v) is 6.05.